The van der Waals surface area contributed by atoms with Gasteiger partial charge in [-0.05, 0) is 44.1 Å². The van der Waals surface area contributed by atoms with E-state index in [1.807, 2.05) is 18.2 Å². The molecule has 17 heavy (non-hydrogen) atoms. The van der Waals surface area contributed by atoms with Gasteiger partial charge in [0.1, 0.15) is 5.75 Å². The minimum atomic E-state index is -1.70. The van der Waals surface area contributed by atoms with Crippen molar-refractivity contribution in [2.24, 2.45) is 0 Å². The molecule has 1 aromatic carbocycles. The molecule has 0 heterocycles. The molecular formula is C13H18O3Si. The Labute approximate surface area is 103 Å². The molecule has 1 aliphatic rings. The highest BCUT2D eigenvalue weighted by Crippen LogP contribution is 2.40. The lowest BCUT2D eigenvalue weighted by atomic mass is 10.0. The summed E-state index contributed by atoms with van der Waals surface area (Å²) in [5, 5.41) is 9.24. The van der Waals surface area contributed by atoms with Crippen LogP contribution in [-0.4, -0.2) is 19.4 Å². The standard InChI is InChI=1S/C13H18O3Si/c1-17(2,3)16-11-6-4-5-9-7-8-10(12(9)11)13(14)15/h4-6,10H,7-8H2,1-3H3,(H,14,15). The van der Waals surface area contributed by atoms with Crippen LogP contribution in [0.2, 0.25) is 19.6 Å². The van der Waals surface area contributed by atoms with Crippen LogP contribution in [0.25, 0.3) is 0 Å². The fourth-order valence-corrected chi connectivity index (χ4v) is 3.15. The average molecular weight is 250 g/mol. The number of benzene rings is 1. The topological polar surface area (TPSA) is 46.5 Å². The van der Waals surface area contributed by atoms with Gasteiger partial charge in [0.05, 0.1) is 5.92 Å². The number of aryl methyl sites for hydroxylation is 1. The predicted molar refractivity (Wildman–Crippen MR) is 69.1 cm³/mol. The molecule has 0 radical (unpaired) electrons. The van der Waals surface area contributed by atoms with E-state index in [4.69, 9.17) is 4.43 Å². The third-order valence-corrected chi connectivity index (χ3v) is 3.75. The molecule has 0 saturated carbocycles. The van der Waals surface area contributed by atoms with E-state index in [2.05, 4.69) is 19.6 Å². The quantitative estimate of drug-likeness (QED) is 0.839. The minimum absolute atomic E-state index is 0.391. The second-order valence-electron chi connectivity index (χ2n) is 5.47. The Morgan fingerprint density at radius 3 is 2.71 bits per heavy atom. The number of carboxylic acid groups (broad SMARTS) is 1. The van der Waals surface area contributed by atoms with E-state index < -0.39 is 20.2 Å². The summed E-state index contributed by atoms with van der Waals surface area (Å²) in [5.41, 5.74) is 2.04. The van der Waals surface area contributed by atoms with Crippen molar-refractivity contribution >= 4 is 14.3 Å². The van der Waals surface area contributed by atoms with Gasteiger partial charge in [-0.2, -0.15) is 0 Å². The molecule has 2 rings (SSSR count). The van der Waals surface area contributed by atoms with Crippen LogP contribution in [-0.2, 0) is 11.2 Å². The van der Waals surface area contributed by atoms with Crippen molar-refractivity contribution in [1.29, 1.82) is 0 Å². The molecule has 0 aromatic heterocycles. The van der Waals surface area contributed by atoms with Gasteiger partial charge in [0.15, 0.2) is 0 Å². The zero-order chi connectivity index (χ0) is 12.6. The Hall–Kier alpha value is -1.29. The molecule has 3 nitrogen and oxygen atoms in total. The summed E-state index contributed by atoms with van der Waals surface area (Å²) in [6.45, 7) is 6.32. The van der Waals surface area contributed by atoms with Crippen LogP contribution in [0.4, 0.5) is 0 Å². The van der Waals surface area contributed by atoms with E-state index in [1.54, 1.807) is 0 Å². The van der Waals surface area contributed by atoms with Crippen molar-refractivity contribution in [3.05, 3.63) is 29.3 Å². The Bertz CT molecular complexity index is 448. The van der Waals surface area contributed by atoms with E-state index >= 15 is 0 Å². The highest BCUT2D eigenvalue weighted by molar-refractivity contribution is 6.70. The Morgan fingerprint density at radius 2 is 2.12 bits per heavy atom. The molecule has 0 saturated heterocycles. The van der Waals surface area contributed by atoms with Crippen LogP contribution in [0, 0.1) is 0 Å². The van der Waals surface area contributed by atoms with Crippen LogP contribution < -0.4 is 4.43 Å². The van der Waals surface area contributed by atoms with Gasteiger partial charge in [0, 0.05) is 5.56 Å². The lowest BCUT2D eigenvalue weighted by Crippen LogP contribution is -2.30. The van der Waals surface area contributed by atoms with Crippen molar-refractivity contribution in [1.82, 2.24) is 0 Å². The summed E-state index contributed by atoms with van der Waals surface area (Å²) < 4.78 is 6.00. The van der Waals surface area contributed by atoms with Crippen molar-refractivity contribution in [3.8, 4) is 5.75 Å². The number of aliphatic carboxylic acids is 1. The SMILES string of the molecule is C[Si](C)(C)Oc1cccc2c1C(C(=O)O)CC2. The summed E-state index contributed by atoms with van der Waals surface area (Å²) in [5.74, 6) is -0.348. The Kier molecular flexibility index (Phi) is 2.99. The number of hydrogen-bond acceptors (Lipinski definition) is 2. The smallest absolute Gasteiger partial charge is 0.311 e. The number of hydrogen-bond donors (Lipinski definition) is 1. The third kappa shape index (κ3) is 2.52. The first kappa shape index (κ1) is 12.2. The zero-order valence-electron chi connectivity index (χ0n) is 10.5. The summed E-state index contributed by atoms with van der Waals surface area (Å²) in [7, 11) is -1.70. The van der Waals surface area contributed by atoms with E-state index in [-0.39, 0.29) is 0 Å². The molecule has 0 amide bonds. The van der Waals surface area contributed by atoms with E-state index in [1.165, 1.54) is 0 Å². The molecular weight excluding hydrogens is 232 g/mol. The molecule has 0 aliphatic heterocycles. The fraction of sp³-hybridized carbons (Fsp3) is 0.462. The monoisotopic (exact) mass is 250 g/mol. The third-order valence-electron chi connectivity index (χ3n) is 2.92. The van der Waals surface area contributed by atoms with Crippen LogP contribution in [0.3, 0.4) is 0 Å². The van der Waals surface area contributed by atoms with E-state index in [9.17, 15) is 9.90 Å². The minimum Gasteiger partial charge on any atom is -0.544 e. The number of carbonyl (C=O) groups is 1. The number of carboxylic acids is 1. The van der Waals surface area contributed by atoms with E-state index in [0.717, 1.165) is 23.3 Å². The van der Waals surface area contributed by atoms with Crippen LogP contribution in [0.15, 0.2) is 18.2 Å². The first-order chi connectivity index (χ1) is 7.88. The van der Waals surface area contributed by atoms with Crippen molar-refractivity contribution in [2.75, 3.05) is 0 Å². The van der Waals surface area contributed by atoms with Gasteiger partial charge in [-0.3, -0.25) is 4.79 Å². The molecule has 0 bridgehead atoms. The van der Waals surface area contributed by atoms with Crippen molar-refractivity contribution in [2.45, 2.75) is 38.4 Å². The van der Waals surface area contributed by atoms with E-state index in [0.29, 0.717) is 6.42 Å². The largest absolute Gasteiger partial charge is 0.544 e. The summed E-state index contributed by atoms with van der Waals surface area (Å²) in [6, 6.07) is 5.87. The summed E-state index contributed by atoms with van der Waals surface area (Å²) >= 11 is 0. The van der Waals surface area contributed by atoms with Crippen molar-refractivity contribution in [3.63, 3.8) is 0 Å². The molecule has 1 aromatic rings. The molecule has 92 valence electrons. The Balaban J connectivity index is 2.42. The Morgan fingerprint density at radius 1 is 1.41 bits per heavy atom. The lowest BCUT2D eigenvalue weighted by molar-refractivity contribution is -0.138. The molecule has 1 aliphatic carbocycles. The maximum absolute atomic E-state index is 11.2. The van der Waals surface area contributed by atoms with Gasteiger partial charge < -0.3 is 9.53 Å². The highest BCUT2D eigenvalue weighted by atomic mass is 28.4. The fourth-order valence-electron chi connectivity index (χ4n) is 2.31. The van der Waals surface area contributed by atoms with Crippen molar-refractivity contribution < 1.29 is 14.3 Å². The summed E-state index contributed by atoms with van der Waals surface area (Å²) in [6.07, 6.45) is 1.53. The zero-order valence-corrected chi connectivity index (χ0v) is 11.5. The molecule has 4 heteroatoms. The molecule has 0 spiro atoms. The highest BCUT2D eigenvalue weighted by Gasteiger charge is 2.32. The second kappa shape index (κ2) is 4.18. The molecule has 1 unspecified atom stereocenters. The predicted octanol–water partition coefficient (Wildman–Crippen LogP) is 3.01. The van der Waals surface area contributed by atoms with Gasteiger partial charge in [-0.1, -0.05) is 12.1 Å². The normalized spacial score (nSPS) is 18.9. The second-order valence-corrected chi connectivity index (χ2v) is 9.90. The van der Waals surface area contributed by atoms with Crippen LogP contribution >= 0.6 is 0 Å². The molecule has 1 N–H and O–H groups in total. The average Bonchev–Trinajstić information content (AvgIpc) is 2.59. The first-order valence-electron chi connectivity index (χ1n) is 5.92. The van der Waals surface area contributed by atoms with Crippen LogP contribution in [0.5, 0.6) is 5.75 Å². The van der Waals surface area contributed by atoms with Gasteiger partial charge >= 0.3 is 5.97 Å². The lowest BCUT2D eigenvalue weighted by Gasteiger charge is -2.22. The molecule has 0 fully saturated rings. The number of rotatable bonds is 3. The van der Waals surface area contributed by atoms with Gasteiger partial charge in [0.2, 0.25) is 8.32 Å². The summed E-state index contributed by atoms with van der Waals surface area (Å²) in [4.78, 5) is 11.2. The number of fused-ring (bicyclic) bond motifs is 1. The van der Waals surface area contributed by atoms with Gasteiger partial charge in [-0.25, -0.2) is 0 Å². The van der Waals surface area contributed by atoms with Crippen LogP contribution in [0.1, 0.15) is 23.5 Å². The van der Waals surface area contributed by atoms with Gasteiger partial charge in [0.25, 0.3) is 0 Å². The van der Waals surface area contributed by atoms with Gasteiger partial charge in [-0.15, -0.1) is 0 Å². The maximum atomic E-state index is 11.2. The maximum Gasteiger partial charge on any atom is 0.311 e. The molecule has 1 atom stereocenters. The first-order valence-corrected chi connectivity index (χ1v) is 9.33.